The molecule has 2 atom stereocenters. The normalized spacial score (nSPS) is 16.0. The van der Waals surface area contributed by atoms with E-state index in [0.717, 1.165) is 25.1 Å². The van der Waals surface area contributed by atoms with Gasteiger partial charge in [-0.1, -0.05) is 25.1 Å². The number of benzene rings is 1. The summed E-state index contributed by atoms with van der Waals surface area (Å²) in [6.45, 7) is 9.90. The molecule has 4 heteroatoms. The summed E-state index contributed by atoms with van der Waals surface area (Å²) in [4.78, 5) is 0. The summed E-state index contributed by atoms with van der Waals surface area (Å²) < 4.78 is 7.94. The van der Waals surface area contributed by atoms with Crippen molar-refractivity contribution in [2.24, 2.45) is 5.73 Å². The van der Waals surface area contributed by atoms with Crippen LogP contribution in [-0.2, 0) is 17.7 Å². The Morgan fingerprint density at radius 3 is 2.62 bits per heavy atom. The third-order valence-electron chi connectivity index (χ3n) is 4.41. The second-order valence-corrected chi connectivity index (χ2v) is 5.69. The lowest BCUT2D eigenvalue weighted by Gasteiger charge is -2.34. The first-order chi connectivity index (χ1) is 10.1. The smallest absolute Gasteiger partial charge is 0.0805 e. The summed E-state index contributed by atoms with van der Waals surface area (Å²) in [6, 6.07) is 8.28. The first-order valence-corrected chi connectivity index (χ1v) is 7.89. The van der Waals surface area contributed by atoms with Crippen molar-refractivity contribution in [3.8, 4) is 0 Å². The number of hydrogen-bond donors (Lipinski definition) is 1. The molecule has 21 heavy (non-hydrogen) atoms. The molecule has 1 aromatic heterocycles. The van der Waals surface area contributed by atoms with Crippen LogP contribution in [0.5, 0.6) is 0 Å². The van der Waals surface area contributed by atoms with E-state index in [0.29, 0.717) is 6.61 Å². The maximum absolute atomic E-state index is 6.45. The van der Waals surface area contributed by atoms with E-state index in [1.165, 1.54) is 10.9 Å². The van der Waals surface area contributed by atoms with E-state index < -0.39 is 0 Å². The van der Waals surface area contributed by atoms with E-state index in [1.54, 1.807) is 0 Å². The molecular formula is C17H27N3O. The van der Waals surface area contributed by atoms with Crippen molar-refractivity contribution >= 4 is 10.9 Å². The van der Waals surface area contributed by atoms with Crippen LogP contribution in [0.1, 0.15) is 39.8 Å². The van der Waals surface area contributed by atoms with Crippen LogP contribution in [0.15, 0.2) is 24.3 Å². The molecule has 1 aromatic carbocycles. The van der Waals surface area contributed by atoms with E-state index in [-0.39, 0.29) is 11.6 Å². The summed E-state index contributed by atoms with van der Waals surface area (Å²) in [5.41, 5.74) is 8.39. The van der Waals surface area contributed by atoms with Gasteiger partial charge in [-0.15, -0.1) is 0 Å². The van der Waals surface area contributed by atoms with E-state index in [2.05, 4.69) is 45.0 Å². The summed E-state index contributed by atoms with van der Waals surface area (Å²) in [7, 11) is 0. The number of para-hydroxylation sites is 1. The van der Waals surface area contributed by atoms with Crippen molar-refractivity contribution in [1.29, 1.82) is 0 Å². The van der Waals surface area contributed by atoms with Gasteiger partial charge in [-0.05, 0) is 33.3 Å². The van der Waals surface area contributed by atoms with Gasteiger partial charge in [-0.2, -0.15) is 5.10 Å². The van der Waals surface area contributed by atoms with Crippen molar-refractivity contribution in [2.45, 2.75) is 58.7 Å². The summed E-state index contributed by atoms with van der Waals surface area (Å²) in [5, 5.41) is 5.94. The van der Waals surface area contributed by atoms with Gasteiger partial charge in [-0.3, -0.25) is 4.68 Å². The van der Waals surface area contributed by atoms with Crippen LogP contribution in [0, 0.1) is 0 Å². The van der Waals surface area contributed by atoms with Gasteiger partial charge in [0, 0.05) is 31.0 Å². The number of fused-ring (bicyclic) bond motifs is 1. The zero-order valence-corrected chi connectivity index (χ0v) is 13.6. The van der Waals surface area contributed by atoms with Crippen molar-refractivity contribution < 1.29 is 4.74 Å². The number of aryl methyl sites for hydroxylation is 1. The highest BCUT2D eigenvalue weighted by atomic mass is 16.5. The highest BCUT2D eigenvalue weighted by molar-refractivity contribution is 5.82. The van der Waals surface area contributed by atoms with Crippen molar-refractivity contribution in [3.63, 3.8) is 0 Å². The Morgan fingerprint density at radius 1 is 1.29 bits per heavy atom. The van der Waals surface area contributed by atoms with Gasteiger partial charge in [-0.25, -0.2) is 0 Å². The highest BCUT2D eigenvalue weighted by Gasteiger charge is 2.31. The van der Waals surface area contributed by atoms with Gasteiger partial charge in [0.1, 0.15) is 0 Å². The van der Waals surface area contributed by atoms with E-state index >= 15 is 0 Å². The topological polar surface area (TPSA) is 53.1 Å². The minimum Gasteiger partial charge on any atom is -0.374 e. The number of nitrogens with two attached hydrogens (primary N) is 1. The van der Waals surface area contributed by atoms with Gasteiger partial charge < -0.3 is 10.5 Å². The van der Waals surface area contributed by atoms with Crippen molar-refractivity contribution in [1.82, 2.24) is 9.78 Å². The van der Waals surface area contributed by atoms with Crippen LogP contribution in [0.25, 0.3) is 10.9 Å². The average molecular weight is 289 g/mol. The zero-order valence-electron chi connectivity index (χ0n) is 13.6. The zero-order chi connectivity index (χ0) is 15.5. The van der Waals surface area contributed by atoms with Crippen LogP contribution in [0.3, 0.4) is 0 Å². The summed E-state index contributed by atoms with van der Waals surface area (Å²) in [6.07, 6.45) is 1.63. The molecule has 0 saturated carbocycles. The predicted molar refractivity (Wildman–Crippen MR) is 87.4 cm³/mol. The lowest BCUT2D eigenvalue weighted by atomic mass is 9.90. The molecule has 116 valence electrons. The van der Waals surface area contributed by atoms with E-state index in [9.17, 15) is 0 Å². The molecule has 0 spiro atoms. The van der Waals surface area contributed by atoms with Crippen molar-refractivity contribution in [2.75, 3.05) is 6.61 Å². The maximum Gasteiger partial charge on any atom is 0.0805 e. The highest BCUT2D eigenvalue weighted by Crippen LogP contribution is 2.25. The average Bonchev–Trinajstić information content (AvgIpc) is 2.85. The number of nitrogens with zero attached hydrogens (tertiary/aromatic N) is 2. The fraction of sp³-hybridized carbons (Fsp3) is 0.588. The van der Waals surface area contributed by atoms with Gasteiger partial charge in [0.2, 0.25) is 0 Å². The summed E-state index contributed by atoms with van der Waals surface area (Å²) in [5.74, 6) is 0. The molecule has 0 aliphatic heterocycles. The molecule has 0 radical (unpaired) electrons. The molecule has 0 fully saturated rings. The molecule has 0 aliphatic carbocycles. The molecule has 0 aliphatic rings. The van der Waals surface area contributed by atoms with Crippen LogP contribution in [0.2, 0.25) is 0 Å². The Balaban J connectivity index is 2.31. The lowest BCUT2D eigenvalue weighted by Crippen LogP contribution is -2.48. The molecule has 0 bridgehead atoms. The Hall–Kier alpha value is -1.39. The second-order valence-electron chi connectivity index (χ2n) is 5.69. The largest absolute Gasteiger partial charge is 0.374 e. The first kappa shape index (κ1) is 16.0. The monoisotopic (exact) mass is 289 g/mol. The van der Waals surface area contributed by atoms with Gasteiger partial charge in [0.25, 0.3) is 0 Å². The molecule has 0 amide bonds. The molecule has 4 nitrogen and oxygen atoms in total. The molecule has 2 N–H and O–H groups in total. The summed E-state index contributed by atoms with van der Waals surface area (Å²) >= 11 is 0. The number of hydrogen-bond acceptors (Lipinski definition) is 3. The molecule has 2 aromatic rings. The molecule has 0 saturated heterocycles. The van der Waals surface area contributed by atoms with Gasteiger partial charge in [0.15, 0.2) is 0 Å². The van der Waals surface area contributed by atoms with Crippen molar-refractivity contribution in [3.05, 3.63) is 30.0 Å². The van der Waals surface area contributed by atoms with Crippen LogP contribution in [0.4, 0.5) is 0 Å². The fourth-order valence-electron chi connectivity index (χ4n) is 2.81. The molecular weight excluding hydrogens is 262 g/mol. The Bertz CT molecular complexity index is 593. The molecule has 2 rings (SSSR count). The van der Waals surface area contributed by atoms with Crippen LogP contribution >= 0.6 is 0 Å². The predicted octanol–water partition coefficient (Wildman–Crippen LogP) is 3.13. The Kier molecular flexibility index (Phi) is 5.01. The molecule has 2 unspecified atom stereocenters. The van der Waals surface area contributed by atoms with E-state index in [1.807, 2.05) is 11.6 Å². The third kappa shape index (κ3) is 3.11. The lowest BCUT2D eigenvalue weighted by molar-refractivity contribution is -0.0462. The number of rotatable bonds is 7. The number of ether oxygens (including phenoxy) is 1. The minimum absolute atomic E-state index is 0.0638. The first-order valence-electron chi connectivity index (χ1n) is 7.89. The minimum atomic E-state index is -0.300. The van der Waals surface area contributed by atoms with Gasteiger partial charge in [0.05, 0.1) is 16.8 Å². The van der Waals surface area contributed by atoms with E-state index in [4.69, 9.17) is 15.6 Å². The van der Waals surface area contributed by atoms with Gasteiger partial charge >= 0.3 is 0 Å². The fourth-order valence-corrected chi connectivity index (χ4v) is 2.81. The Labute approximate surface area is 127 Å². The standard InChI is InChI=1S/C17H27N3O/c1-5-17(4,21-7-3)16(18)12-14-13-10-8-9-11-15(13)20(6-2)19-14/h8-11,16H,5-7,12,18H2,1-4H3. The van der Waals surface area contributed by atoms with Crippen LogP contribution in [-0.4, -0.2) is 28.0 Å². The second kappa shape index (κ2) is 6.58. The quantitative estimate of drug-likeness (QED) is 0.852. The SMILES string of the molecule is CCOC(C)(CC)C(N)Cc1nn(CC)c2ccccc12. The van der Waals surface area contributed by atoms with Crippen LogP contribution < -0.4 is 5.73 Å². The number of aromatic nitrogens is 2. The Morgan fingerprint density at radius 2 is 2.00 bits per heavy atom. The third-order valence-corrected chi connectivity index (χ3v) is 4.41. The maximum atomic E-state index is 6.45. The molecule has 1 heterocycles.